The van der Waals surface area contributed by atoms with E-state index in [1.54, 1.807) is 0 Å². The SMILES string of the molecule is CC1CCCN(C(=O)OCc2ccccc2)C1=O. The van der Waals surface area contributed by atoms with Crippen LogP contribution in [-0.2, 0) is 16.1 Å². The Morgan fingerprint density at radius 3 is 2.83 bits per heavy atom. The van der Waals surface area contributed by atoms with Crippen LogP contribution in [0.4, 0.5) is 4.79 Å². The molecule has 1 aliphatic heterocycles. The van der Waals surface area contributed by atoms with Crippen LogP contribution < -0.4 is 0 Å². The number of piperidine rings is 1. The van der Waals surface area contributed by atoms with E-state index < -0.39 is 6.09 Å². The number of hydrogen-bond acceptors (Lipinski definition) is 3. The summed E-state index contributed by atoms with van der Waals surface area (Å²) >= 11 is 0. The first-order chi connectivity index (χ1) is 8.68. The summed E-state index contributed by atoms with van der Waals surface area (Å²) in [7, 11) is 0. The van der Waals surface area contributed by atoms with Gasteiger partial charge in [0.2, 0.25) is 5.91 Å². The highest BCUT2D eigenvalue weighted by molar-refractivity contribution is 5.93. The maximum atomic E-state index is 11.8. The van der Waals surface area contributed by atoms with Gasteiger partial charge in [-0.15, -0.1) is 0 Å². The largest absolute Gasteiger partial charge is 0.444 e. The van der Waals surface area contributed by atoms with E-state index in [4.69, 9.17) is 4.74 Å². The Morgan fingerprint density at radius 2 is 2.11 bits per heavy atom. The first-order valence-electron chi connectivity index (χ1n) is 6.20. The van der Waals surface area contributed by atoms with Gasteiger partial charge in [0.15, 0.2) is 0 Å². The number of benzene rings is 1. The molecular weight excluding hydrogens is 230 g/mol. The van der Waals surface area contributed by atoms with E-state index in [1.165, 1.54) is 4.90 Å². The molecule has 0 bridgehead atoms. The summed E-state index contributed by atoms with van der Waals surface area (Å²) in [6.45, 7) is 2.52. The monoisotopic (exact) mass is 247 g/mol. The normalized spacial score (nSPS) is 19.7. The summed E-state index contributed by atoms with van der Waals surface area (Å²) in [6.07, 6.45) is 1.17. The van der Waals surface area contributed by atoms with E-state index in [9.17, 15) is 9.59 Å². The molecule has 0 N–H and O–H groups in total. The first kappa shape index (κ1) is 12.6. The summed E-state index contributed by atoms with van der Waals surface area (Å²) in [5, 5.41) is 0. The summed E-state index contributed by atoms with van der Waals surface area (Å²) < 4.78 is 5.15. The standard InChI is InChI=1S/C14H17NO3/c1-11-6-5-9-15(13(11)16)14(17)18-10-12-7-3-2-4-8-12/h2-4,7-8,11H,5-6,9-10H2,1H3. The third-order valence-corrected chi connectivity index (χ3v) is 3.13. The molecule has 1 unspecified atom stereocenters. The van der Waals surface area contributed by atoms with Crippen molar-refractivity contribution in [1.29, 1.82) is 0 Å². The number of carbonyl (C=O) groups excluding carboxylic acids is 2. The summed E-state index contributed by atoms with van der Waals surface area (Å²) in [6, 6.07) is 9.44. The fraction of sp³-hybridized carbons (Fsp3) is 0.429. The minimum absolute atomic E-state index is 0.0805. The second kappa shape index (κ2) is 5.67. The Labute approximate surface area is 107 Å². The van der Waals surface area contributed by atoms with E-state index in [1.807, 2.05) is 37.3 Å². The maximum Gasteiger partial charge on any atom is 0.416 e. The molecule has 1 aromatic rings. The second-order valence-corrected chi connectivity index (χ2v) is 4.57. The van der Waals surface area contributed by atoms with E-state index >= 15 is 0 Å². The molecule has 1 saturated heterocycles. The molecule has 2 rings (SSSR count). The molecule has 4 heteroatoms. The van der Waals surface area contributed by atoms with Gasteiger partial charge in [0.25, 0.3) is 0 Å². The molecule has 1 heterocycles. The number of imide groups is 1. The van der Waals surface area contributed by atoms with Crippen molar-refractivity contribution < 1.29 is 14.3 Å². The lowest BCUT2D eigenvalue weighted by Gasteiger charge is -2.28. The van der Waals surface area contributed by atoms with Gasteiger partial charge < -0.3 is 4.74 Å². The lowest BCUT2D eigenvalue weighted by atomic mass is 10.00. The number of amides is 2. The first-order valence-corrected chi connectivity index (χ1v) is 6.20. The molecule has 1 aromatic carbocycles. The zero-order valence-electron chi connectivity index (χ0n) is 10.5. The minimum atomic E-state index is -0.532. The predicted octanol–water partition coefficient (Wildman–Crippen LogP) is 2.58. The Balaban J connectivity index is 1.90. The smallest absolute Gasteiger partial charge is 0.416 e. The molecule has 1 atom stereocenters. The van der Waals surface area contributed by atoms with Crippen LogP contribution in [0.15, 0.2) is 30.3 Å². The van der Waals surface area contributed by atoms with Gasteiger partial charge in [-0.1, -0.05) is 37.3 Å². The Hall–Kier alpha value is -1.84. The molecule has 96 valence electrons. The topological polar surface area (TPSA) is 46.6 Å². The van der Waals surface area contributed by atoms with Gasteiger partial charge in [-0.3, -0.25) is 4.79 Å². The molecular formula is C14H17NO3. The quantitative estimate of drug-likeness (QED) is 0.807. The molecule has 0 aliphatic carbocycles. The average Bonchev–Trinajstić information content (AvgIpc) is 2.40. The van der Waals surface area contributed by atoms with Crippen LogP contribution in [0, 0.1) is 5.92 Å². The number of hydrogen-bond donors (Lipinski definition) is 0. The van der Waals surface area contributed by atoms with E-state index in [2.05, 4.69) is 0 Å². The number of carbonyl (C=O) groups is 2. The lowest BCUT2D eigenvalue weighted by molar-refractivity contribution is -0.135. The van der Waals surface area contributed by atoms with Crippen molar-refractivity contribution >= 4 is 12.0 Å². The molecule has 1 aliphatic rings. The van der Waals surface area contributed by atoms with Crippen LogP contribution in [-0.4, -0.2) is 23.4 Å². The van der Waals surface area contributed by atoms with Gasteiger partial charge >= 0.3 is 6.09 Å². The van der Waals surface area contributed by atoms with Gasteiger partial charge in [0.1, 0.15) is 6.61 Å². The van der Waals surface area contributed by atoms with Gasteiger partial charge in [0, 0.05) is 12.5 Å². The third kappa shape index (κ3) is 2.88. The van der Waals surface area contributed by atoms with E-state index in [0.717, 1.165) is 18.4 Å². The highest BCUT2D eigenvalue weighted by Crippen LogP contribution is 2.18. The van der Waals surface area contributed by atoms with Crippen molar-refractivity contribution in [3.8, 4) is 0 Å². The average molecular weight is 247 g/mol. The van der Waals surface area contributed by atoms with Crippen LogP contribution in [0.3, 0.4) is 0 Å². The molecule has 4 nitrogen and oxygen atoms in total. The Kier molecular flexibility index (Phi) is 3.97. The van der Waals surface area contributed by atoms with E-state index in [0.29, 0.717) is 6.54 Å². The lowest BCUT2D eigenvalue weighted by Crippen LogP contribution is -2.44. The highest BCUT2D eigenvalue weighted by atomic mass is 16.6. The predicted molar refractivity (Wildman–Crippen MR) is 66.7 cm³/mol. The van der Waals surface area contributed by atoms with Crippen LogP contribution in [0.1, 0.15) is 25.3 Å². The van der Waals surface area contributed by atoms with Crippen LogP contribution >= 0.6 is 0 Å². The number of rotatable bonds is 2. The second-order valence-electron chi connectivity index (χ2n) is 4.57. The summed E-state index contributed by atoms with van der Waals surface area (Å²) in [5.41, 5.74) is 0.920. The van der Waals surface area contributed by atoms with Gasteiger partial charge in [-0.05, 0) is 18.4 Å². The Morgan fingerprint density at radius 1 is 1.39 bits per heavy atom. The zero-order valence-corrected chi connectivity index (χ0v) is 10.5. The summed E-state index contributed by atoms with van der Waals surface area (Å²) in [4.78, 5) is 24.8. The molecule has 1 fully saturated rings. The molecule has 0 saturated carbocycles. The Bertz CT molecular complexity index is 430. The fourth-order valence-corrected chi connectivity index (χ4v) is 2.03. The van der Waals surface area contributed by atoms with Gasteiger partial charge in [-0.25, -0.2) is 9.69 Å². The van der Waals surface area contributed by atoms with Crippen molar-refractivity contribution in [1.82, 2.24) is 4.90 Å². The number of likely N-dealkylation sites (tertiary alicyclic amines) is 1. The highest BCUT2D eigenvalue weighted by Gasteiger charge is 2.30. The fourth-order valence-electron chi connectivity index (χ4n) is 2.03. The third-order valence-electron chi connectivity index (χ3n) is 3.13. The van der Waals surface area contributed by atoms with Crippen molar-refractivity contribution in [2.75, 3.05) is 6.54 Å². The number of ether oxygens (including phenoxy) is 1. The maximum absolute atomic E-state index is 11.8. The van der Waals surface area contributed by atoms with Crippen molar-refractivity contribution in [3.63, 3.8) is 0 Å². The van der Waals surface area contributed by atoms with Crippen LogP contribution in [0.25, 0.3) is 0 Å². The van der Waals surface area contributed by atoms with Gasteiger partial charge in [-0.2, -0.15) is 0 Å². The minimum Gasteiger partial charge on any atom is -0.444 e. The zero-order chi connectivity index (χ0) is 13.0. The number of nitrogens with zero attached hydrogens (tertiary/aromatic N) is 1. The van der Waals surface area contributed by atoms with Crippen molar-refractivity contribution in [2.45, 2.75) is 26.4 Å². The van der Waals surface area contributed by atoms with Crippen LogP contribution in [0.5, 0.6) is 0 Å². The van der Waals surface area contributed by atoms with E-state index in [-0.39, 0.29) is 18.4 Å². The van der Waals surface area contributed by atoms with Gasteiger partial charge in [0.05, 0.1) is 0 Å². The van der Waals surface area contributed by atoms with Crippen molar-refractivity contribution in [2.24, 2.45) is 5.92 Å². The molecule has 0 spiro atoms. The summed E-state index contributed by atoms with van der Waals surface area (Å²) in [5.74, 6) is -0.206. The van der Waals surface area contributed by atoms with Crippen LogP contribution in [0.2, 0.25) is 0 Å². The molecule has 0 aromatic heterocycles. The molecule has 2 amide bonds. The van der Waals surface area contributed by atoms with Crippen molar-refractivity contribution in [3.05, 3.63) is 35.9 Å². The molecule has 18 heavy (non-hydrogen) atoms. The molecule has 0 radical (unpaired) electrons.